The molecule has 510 valence electrons. The maximum atomic E-state index is 2.44. The van der Waals surface area contributed by atoms with Gasteiger partial charge in [0, 0.05) is 0 Å². The number of fused-ring (bicyclic) bond motifs is 7. The highest BCUT2D eigenvalue weighted by Gasteiger charge is 2.46. The van der Waals surface area contributed by atoms with Crippen LogP contribution in [0, 0.1) is 0 Å². The Morgan fingerprint density at radius 2 is 0.362 bits per heavy atom. The first-order chi connectivity index (χ1) is 50.6. The van der Waals surface area contributed by atoms with Crippen LogP contribution in [0.1, 0.15) is 128 Å². The molecule has 0 N–H and O–H groups in total. The third kappa shape index (κ3) is 11.7. The van der Waals surface area contributed by atoms with Crippen molar-refractivity contribution in [3.63, 3.8) is 0 Å². The van der Waals surface area contributed by atoms with Crippen molar-refractivity contribution in [2.75, 3.05) is 0 Å². The first-order valence-electron chi connectivity index (χ1n) is 37.6. The van der Waals surface area contributed by atoms with Gasteiger partial charge in [0.05, 0.1) is 5.41 Å². The molecule has 0 bridgehead atoms. The summed E-state index contributed by atoms with van der Waals surface area (Å²) in [7, 11) is 0. The van der Waals surface area contributed by atoms with Gasteiger partial charge in [-0.15, -0.1) is 0 Å². The molecule has 0 heteroatoms. The Bertz CT molecular complexity index is 5390. The molecule has 0 spiro atoms. The lowest BCUT2D eigenvalue weighted by Crippen LogP contribution is -2.28. The van der Waals surface area contributed by atoms with E-state index in [9.17, 15) is 0 Å². The fraction of sp³-hybridized carbons (Fsp3) is 0.162. The Labute approximate surface area is 621 Å². The normalized spacial score (nSPS) is 13.0. The average molecular weight is 1350 g/mol. The van der Waals surface area contributed by atoms with Crippen molar-refractivity contribution in [2.24, 2.45) is 0 Å². The lowest BCUT2D eigenvalue weighted by molar-refractivity contribution is 0.590. The lowest BCUT2D eigenvalue weighted by Gasteiger charge is -2.34. The van der Waals surface area contributed by atoms with Crippen LogP contribution < -0.4 is 0 Å². The summed E-state index contributed by atoms with van der Waals surface area (Å²) in [5.41, 5.74) is 31.9. The average Bonchev–Trinajstić information content (AvgIpc) is 1.67. The Kier molecular flexibility index (Phi) is 16.2. The van der Waals surface area contributed by atoms with Gasteiger partial charge < -0.3 is 0 Å². The Hall–Kier alpha value is -11.4. The summed E-state index contributed by atoms with van der Waals surface area (Å²) >= 11 is 0. The van der Waals surface area contributed by atoms with E-state index in [1.165, 1.54) is 188 Å². The van der Waals surface area contributed by atoms with Gasteiger partial charge in [0.2, 0.25) is 0 Å². The Morgan fingerprint density at radius 3 is 0.590 bits per heavy atom. The maximum Gasteiger partial charge on any atom is 0.0713 e. The molecular formula is C105H90. The minimum atomic E-state index is -0.627. The van der Waals surface area contributed by atoms with Gasteiger partial charge in [0.15, 0.2) is 0 Å². The van der Waals surface area contributed by atoms with Gasteiger partial charge in [-0.05, 0) is 246 Å². The van der Waals surface area contributed by atoms with E-state index in [0.29, 0.717) is 0 Å². The van der Waals surface area contributed by atoms with Gasteiger partial charge in [-0.25, -0.2) is 0 Å². The second kappa shape index (κ2) is 25.5. The van der Waals surface area contributed by atoms with E-state index in [2.05, 4.69) is 411 Å². The van der Waals surface area contributed by atoms with E-state index in [4.69, 9.17) is 0 Å². The lowest BCUT2D eigenvalue weighted by atomic mass is 9.67. The summed E-state index contributed by atoms with van der Waals surface area (Å²) in [6.07, 6.45) is 0. The van der Waals surface area contributed by atoms with Gasteiger partial charge in [-0.1, -0.05) is 374 Å². The molecule has 0 heterocycles. The zero-order valence-electron chi connectivity index (χ0n) is 62.7. The van der Waals surface area contributed by atoms with E-state index >= 15 is 0 Å². The standard InChI is InChI=1S/C105H90/c1-101(2,3)79-49-37-67(38-50-79)73-61-74(68-39-51-80(52-40-68)102(4,5)6)64-77(63-73)99-91-31-17-13-27-87(91)97(88-28-14-18-32-92(88)99)71-45-57-83(58-46-71)105(95-35-23-21-25-85(95)86-26-22-24-36-96(86)105)84-59-47-72(48-60-84)98-89-29-15-19-33-93(89)100(94-34-20-16-30-90(94)98)78-65-75(69-41-53-81(54-42-69)103(7,8)9)62-76(66-78)70-43-55-82(56-44-70)104(10,11)12/h13-66H,1-12H3. The molecule has 0 nitrogen and oxygen atoms in total. The van der Waals surface area contributed by atoms with Crippen molar-refractivity contribution >= 4 is 43.1 Å². The summed E-state index contributed by atoms with van der Waals surface area (Å²) < 4.78 is 0. The SMILES string of the molecule is CC(C)(C)c1ccc(-c2cc(-c3ccc(C(C)(C)C)cc3)cc(-c3c4ccccc4c(-c4ccc(C5(c6ccc(-c7c8ccccc8c(-c8cc(-c9ccc(C(C)(C)C)cc9)cc(-c9ccc(C(C)(C)C)cc9)c8)c8ccccc78)cc6)c6ccccc6-c6ccccc65)cc4)c4ccccc34)c2)cc1. The number of hydrogen-bond donors (Lipinski definition) is 0. The molecule has 16 aromatic rings. The van der Waals surface area contributed by atoms with Crippen LogP contribution in [0.15, 0.2) is 328 Å². The summed E-state index contributed by atoms with van der Waals surface area (Å²) in [6, 6.07) is 126. The van der Waals surface area contributed by atoms with Gasteiger partial charge in [0.25, 0.3) is 0 Å². The van der Waals surface area contributed by atoms with Crippen LogP contribution in [0.5, 0.6) is 0 Å². The van der Waals surface area contributed by atoms with Crippen LogP contribution in [0.3, 0.4) is 0 Å². The third-order valence-electron chi connectivity index (χ3n) is 22.8. The van der Waals surface area contributed by atoms with E-state index in [-0.39, 0.29) is 21.7 Å². The van der Waals surface area contributed by atoms with Gasteiger partial charge in [0.1, 0.15) is 0 Å². The first-order valence-corrected chi connectivity index (χ1v) is 37.6. The topological polar surface area (TPSA) is 0 Å². The molecule has 17 rings (SSSR count). The molecule has 0 saturated carbocycles. The monoisotopic (exact) mass is 1350 g/mol. The molecule has 0 atom stereocenters. The van der Waals surface area contributed by atoms with Crippen LogP contribution in [0.4, 0.5) is 0 Å². The van der Waals surface area contributed by atoms with Crippen LogP contribution >= 0.6 is 0 Å². The molecule has 0 aliphatic heterocycles. The van der Waals surface area contributed by atoms with E-state index in [1.54, 1.807) is 0 Å². The van der Waals surface area contributed by atoms with E-state index in [1.807, 2.05) is 0 Å². The van der Waals surface area contributed by atoms with Crippen LogP contribution in [0.2, 0.25) is 0 Å². The van der Waals surface area contributed by atoms with Crippen molar-refractivity contribution < 1.29 is 0 Å². The molecule has 0 fully saturated rings. The fourth-order valence-electron chi connectivity index (χ4n) is 17.2. The van der Waals surface area contributed by atoms with Gasteiger partial charge >= 0.3 is 0 Å². The molecule has 0 saturated heterocycles. The van der Waals surface area contributed by atoms with E-state index < -0.39 is 5.41 Å². The molecule has 0 aromatic heterocycles. The molecule has 1 aliphatic rings. The van der Waals surface area contributed by atoms with Crippen molar-refractivity contribution in [1.82, 2.24) is 0 Å². The second-order valence-electron chi connectivity index (χ2n) is 33.6. The first kappa shape index (κ1) is 66.8. The van der Waals surface area contributed by atoms with Crippen molar-refractivity contribution in [3.8, 4) is 100 Å². The van der Waals surface area contributed by atoms with Crippen molar-refractivity contribution in [2.45, 2.75) is 110 Å². The van der Waals surface area contributed by atoms with Crippen molar-refractivity contribution in [1.29, 1.82) is 0 Å². The van der Waals surface area contributed by atoms with Crippen molar-refractivity contribution in [3.05, 3.63) is 372 Å². The molecule has 0 unspecified atom stereocenters. The summed E-state index contributed by atoms with van der Waals surface area (Å²) in [5, 5.41) is 9.84. The second-order valence-corrected chi connectivity index (χ2v) is 33.6. The zero-order chi connectivity index (χ0) is 72.3. The van der Waals surface area contributed by atoms with Crippen LogP contribution in [-0.4, -0.2) is 0 Å². The van der Waals surface area contributed by atoms with E-state index in [0.717, 1.165) is 0 Å². The molecular weight excluding hydrogens is 1260 g/mol. The Balaban J connectivity index is 0.803. The van der Waals surface area contributed by atoms with Crippen LogP contribution in [0.25, 0.3) is 143 Å². The summed E-state index contributed by atoms with van der Waals surface area (Å²) in [6.45, 7) is 27.5. The fourth-order valence-corrected chi connectivity index (χ4v) is 17.2. The minimum absolute atomic E-state index is 0.0501. The highest BCUT2D eigenvalue weighted by molar-refractivity contribution is 6.23. The quantitative estimate of drug-likeness (QED) is 0.120. The summed E-state index contributed by atoms with van der Waals surface area (Å²) in [4.78, 5) is 0. The van der Waals surface area contributed by atoms with Gasteiger partial charge in [-0.2, -0.15) is 0 Å². The molecule has 0 radical (unpaired) electrons. The number of rotatable bonds is 10. The number of hydrogen-bond acceptors (Lipinski definition) is 0. The van der Waals surface area contributed by atoms with Crippen LogP contribution in [-0.2, 0) is 27.1 Å². The molecule has 0 amide bonds. The smallest absolute Gasteiger partial charge is 0.0619 e. The maximum absolute atomic E-state index is 2.44. The highest BCUT2D eigenvalue weighted by Crippen LogP contribution is 2.58. The molecule has 105 heavy (non-hydrogen) atoms. The largest absolute Gasteiger partial charge is 0.0713 e. The molecule has 16 aromatic carbocycles. The summed E-state index contributed by atoms with van der Waals surface area (Å²) in [5.74, 6) is 0. The highest BCUT2D eigenvalue weighted by atomic mass is 14.5. The zero-order valence-corrected chi connectivity index (χ0v) is 62.7. The predicted molar refractivity (Wildman–Crippen MR) is 452 cm³/mol. The van der Waals surface area contributed by atoms with Gasteiger partial charge in [-0.3, -0.25) is 0 Å². The Morgan fingerprint density at radius 1 is 0.171 bits per heavy atom. The third-order valence-corrected chi connectivity index (χ3v) is 22.8. The minimum Gasteiger partial charge on any atom is -0.0619 e. The number of benzene rings is 16. The molecule has 1 aliphatic carbocycles. The predicted octanol–water partition coefficient (Wildman–Crippen LogP) is 29.2.